The van der Waals surface area contributed by atoms with Crippen LogP contribution in [0.4, 0.5) is 11.5 Å². The Morgan fingerprint density at radius 1 is 1.12 bits per heavy atom. The van der Waals surface area contributed by atoms with Crippen LogP contribution in [0, 0.1) is 6.92 Å². The molecule has 1 N–H and O–H groups in total. The second kappa shape index (κ2) is 7.75. The maximum absolute atomic E-state index is 12.3. The summed E-state index contributed by atoms with van der Waals surface area (Å²) < 4.78 is 0.961. The molecule has 0 radical (unpaired) electrons. The molecule has 126 valence electrons. The third-order valence-electron chi connectivity index (χ3n) is 4.23. The average molecular weight is 389 g/mol. The van der Waals surface area contributed by atoms with Gasteiger partial charge in [-0.3, -0.25) is 4.79 Å². The van der Waals surface area contributed by atoms with Crippen LogP contribution in [0.2, 0.25) is 0 Å². The molecular weight excluding hydrogens is 368 g/mol. The number of benzene rings is 1. The zero-order valence-electron chi connectivity index (χ0n) is 13.8. The molecule has 0 spiro atoms. The van der Waals surface area contributed by atoms with Crippen LogP contribution in [0.15, 0.2) is 35.1 Å². The fraction of sp³-hybridized carbons (Fsp3) is 0.389. The highest BCUT2D eigenvalue weighted by Crippen LogP contribution is 2.21. The molecule has 2 aromatic rings. The van der Waals surface area contributed by atoms with Crippen LogP contribution in [0.25, 0.3) is 0 Å². The molecule has 3 rings (SSSR count). The fourth-order valence-corrected chi connectivity index (χ4v) is 3.15. The highest BCUT2D eigenvalue weighted by molar-refractivity contribution is 9.10. The Balaban J connectivity index is 1.68. The lowest BCUT2D eigenvalue weighted by molar-refractivity contribution is 0.102. The van der Waals surface area contributed by atoms with Crippen molar-refractivity contribution in [2.24, 2.45) is 0 Å². The lowest BCUT2D eigenvalue weighted by atomic mass is 10.2. The molecule has 6 heteroatoms. The number of halogens is 1. The van der Waals surface area contributed by atoms with Crippen LogP contribution < -0.4 is 10.2 Å². The standard InChI is InChI=1S/C18H21BrN4O/c1-13-6-7-14(10-15(13)19)22-18(24)16-11-21-17(12-20-16)23-8-4-2-3-5-9-23/h6-7,10-12H,2-5,8-9H2,1H3,(H,22,24). The molecule has 0 aliphatic carbocycles. The molecule has 2 heterocycles. The van der Waals surface area contributed by atoms with Gasteiger partial charge in [-0.25, -0.2) is 9.97 Å². The van der Waals surface area contributed by atoms with Crippen LogP contribution in [-0.4, -0.2) is 29.0 Å². The van der Waals surface area contributed by atoms with Gasteiger partial charge in [0.1, 0.15) is 11.5 Å². The van der Waals surface area contributed by atoms with Crippen LogP contribution in [0.1, 0.15) is 41.7 Å². The predicted octanol–water partition coefficient (Wildman–Crippen LogP) is 4.18. The van der Waals surface area contributed by atoms with Crippen molar-refractivity contribution in [2.45, 2.75) is 32.6 Å². The van der Waals surface area contributed by atoms with Gasteiger partial charge in [0.15, 0.2) is 0 Å². The number of nitrogens with one attached hydrogen (secondary N) is 1. The summed E-state index contributed by atoms with van der Waals surface area (Å²) in [6.45, 7) is 4.03. The number of carbonyl (C=O) groups excluding carboxylic acids is 1. The van der Waals surface area contributed by atoms with E-state index in [-0.39, 0.29) is 5.91 Å². The number of hydrogen-bond acceptors (Lipinski definition) is 4. The summed E-state index contributed by atoms with van der Waals surface area (Å²) in [5.41, 5.74) is 2.18. The van der Waals surface area contributed by atoms with Crippen molar-refractivity contribution in [3.8, 4) is 0 Å². The van der Waals surface area contributed by atoms with E-state index in [1.165, 1.54) is 25.7 Å². The predicted molar refractivity (Wildman–Crippen MR) is 99.5 cm³/mol. The van der Waals surface area contributed by atoms with Crippen LogP contribution in [0.3, 0.4) is 0 Å². The molecule has 1 aliphatic heterocycles. The fourth-order valence-electron chi connectivity index (χ4n) is 2.77. The minimum Gasteiger partial charge on any atom is -0.355 e. The van der Waals surface area contributed by atoms with Crippen molar-refractivity contribution in [1.82, 2.24) is 9.97 Å². The first-order valence-corrected chi connectivity index (χ1v) is 9.07. The van der Waals surface area contributed by atoms with Gasteiger partial charge >= 0.3 is 0 Å². The highest BCUT2D eigenvalue weighted by atomic mass is 79.9. The molecule has 1 aliphatic rings. The first kappa shape index (κ1) is 16.9. The molecule has 0 unspecified atom stereocenters. The largest absolute Gasteiger partial charge is 0.355 e. The van der Waals surface area contributed by atoms with Crippen LogP contribution in [-0.2, 0) is 0 Å². The van der Waals surface area contributed by atoms with E-state index in [0.717, 1.165) is 34.6 Å². The van der Waals surface area contributed by atoms with Gasteiger partial charge in [-0.2, -0.15) is 0 Å². The number of nitrogens with zero attached hydrogens (tertiary/aromatic N) is 3. The molecule has 5 nitrogen and oxygen atoms in total. The Morgan fingerprint density at radius 3 is 2.50 bits per heavy atom. The number of amides is 1. The monoisotopic (exact) mass is 388 g/mol. The van der Waals surface area contributed by atoms with Crippen molar-refractivity contribution in [3.63, 3.8) is 0 Å². The minimum atomic E-state index is -0.249. The number of aromatic nitrogens is 2. The third-order valence-corrected chi connectivity index (χ3v) is 5.08. The summed E-state index contributed by atoms with van der Waals surface area (Å²) in [6, 6.07) is 5.71. The van der Waals surface area contributed by atoms with Gasteiger partial charge in [-0.05, 0) is 37.5 Å². The van der Waals surface area contributed by atoms with E-state index in [9.17, 15) is 4.79 Å². The second-order valence-electron chi connectivity index (χ2n) is 6.08. The van der Waals surface area contributed by atoms with Crippen LogP contribution >= 0.6 is 15.9 Å². The van der Waals surface area contributed by atoms with Gasteiger partial charge in [0, 0.05) is 23.2 Å². The summed E-state index contributed by atoms with van der Waals surface area (Å²) in [6.07, 6.45) is 8.18. The Hall–Kier alpha value is -1.95. The van der Waals surface area contributed by atoms with E-state index in [1.807, 2.05) is 25.1 Å². The Bertz CT molecular complexity index is 709. The smallest absolute Gasteiger partial charge is 0.275 e. The molecule has 1 fully saturated rings. The summed E-state index contributed by atoms with van der Waals surface area (Å²) in [5, 5.41) is 2.85. The number of hydrogen-bond donors (Lipinski definition) is 1. The normalized spacial score (nSPS) is 15.0. The summed E-state index contributed by atoms with van der Waals surface area (Å²) >= 11 is 3.47. The van der Waals surface area contributed by atoms with Crippen LogP contribution in [0.5, 0.6) is 0 Å². The Kier molecular flexibility index (Phi) is 5.45. The number of rotatable bonds is 3. The maximum Gasteiger partial charge on any atom is 0.275 e. The molecule has 1 amide bonds. The molecular formula is C18H21BrN4O. The molecule has 1 aromatic heterocycles. The van der Waals surface area contributed by atoms with E-state index >= 15 is 0 Å². The van der Waals surface area contributed by atoms with E-state index in [2.05, 4.69) is 36.1 Å². The van der Waals surface area contributed by atoms with E-state index < -0.39 is 0 Å². The van der Waals surface area contributed by atoms with Crippen molar-refractivity contribution in [3.05, 3.63) is 46.3 Å². The van der Waals surface area contributed by atoms with Crippen molar-refractivity contribution in [2.75, 3.05) is 23.3 Å². The van der Waals surface area contributed by atoms with Gasteiger partial charge in [0.2, 0.25) is 0 Å². The lowest BCUT2D eigenvalue weighted by Gasteiger charge is -2.20. The number of carbonyl (C=O) groups is 1. The van der Waals surface area contributed by atoms with Crippen molar-refractivity contribution in [1.29, 1.82) is 0 Å². The molecule has 0 atom stereocenters. The molecule has 0 bridgehead atoms. The van der Waals surface area contributed by atoms with Crippen molar-refractivity contribution < 1.29 is 4.79 Å². The average Bonchev–Trinajstić information content (AvgIpc) is 2.88. The van der Waals surface area contributed by atoms with Gasteiger partial charge in [-0.1, -0.05) is 34.8 Å². The first-order valence-electron chi connectivity index (χ1n) is 8.28. The third kappa shape index (κ3) is 4.12. The zero-order valence-corrected chi connectivity index (χ0v) is 15.3. The van der Waals surface area contributed by atoms with E-state index in [4.69, 9.17) is 0 Å². The molecule has 24 heavy (non-hydrogen) atoms. The maximum atomic E-state index is 12.3. The number of aryl methyl sites for hydroxylation is 1. The molecule has 1 aromatic carbocycles. The SMILES string of the molecule is Cc1ccc(NC(=O)c2cnc(N3CCCCCC3)cn2)cc1Br. The minimum absolute atomic E-state index is 0.249. The van der Waals surface area contributed by atoms with E-state index in [1.54, 1.807) is 12.4 Å². The Morgan fingerprint density at radius 2 is 1.88 bits per heavy atom. The zero-order chi connectivity index (χ0) is 16.9. The lowest BCUT2D eigenvalue weighted by Crippen LogP contribution is -2.25. The first-order chi connectivity index (χ1) is 11.6. The van der Waals surface area contributed by atoms with Gasteiger partial charge in [0.05, 0.1) is 12.4 Å². The Labute approximate surface area is 150 Å². The summed E-state index contributed by atoms with van der Waals surface area (Å²) in [4.78, 5) is 23.3. The highest BCUT2D eigenvalue weighted by Gasteiger charge is 2.14. The quantitative estimate of drug-likeness (QED) is 0.856. The van der Waals surface area contributed by atoms with Crippen molar-refractivity contribution >= 4 is 33.3 Å². The van der Waals surface area contributed by atoms with Gasteiger partial charge in [-0.15, -0.1) is 0 Å². The molecule has 1 saturated heterocycles. The van der Waals surface area contributed by atoms with Gasteiger partial charge in [0.25, 0.3) is 5.91 Å². The topological polar surface area (TPSA) is 58.1 Å². The van der Waals surface area contributed by atoms with E-state index in [0.29, 0.717) is 5.69 Å². The second-order valence-corrected chi connectivity index (χ2v) is 6.93. The number of anilines is 2. The molecule has 0 saturated carbocycles. The summed E-state index contributed by atoms with van der Waals surface area (Å²) in [5.74, 6) is 0.604. The summed E-state index contributed by atoms with van der Waals surface area (Å²) in [7, 11) is 0. The van der Waals surface area contributed by atoms with Gasteiger partial charge < -0.3 is 10.2 Å².